The third kappa shape index (κ3) is 5.17. The van der Waals surface area contributed by atoms with Gasteiger partial charge in [0.2, 0.25) is 17.6 Å². The lowest BCUT2D eigenvalue weighted by Gasteiger charge is -2.11. The van der Waals surface area contributed by atoms with Gasteiger partial charge in [0.25, 0.3) is 0 Å². The minimum Gasteiger partial charge on any atom is -0.353 e. The van der Waals surface area contributed by atoms with Crippen LogP contribution in [-0.2, 0) is 10.5 Å². The Labute approximate surface area is 132 Å². The third-order valence-corrected chi connectivity index (χ3v) is 4.58. The Hall–Kier alpha value is -1.34. The van der Waals surface area contributed by atoms with E-state index in [1.165, 1.54) is 11.8 Å². The zero-order chi connectivity index (χ0) is 15.1. The summed E-state index contributed by atoms with van der Waals surface area (Å²) in [5, 5.41) is 8.88. The molecule has 2 heterocycles. The van der Waals surface area contributed by atoms with E-state index in [4.69, 9.17) is 4.52 Å². The zero-order valence-corrected chi connectivity index (χ0v) is 13.8. The van der Waals surface area contributed by atoms with Crippen molar-refractivity contribution in [3.8, 4) is 10.7 Å². The molecule has 0 aliphatic heterocycles. The van der Waals surface area contributed by atoms with Crippen molar-refractivity contribution in [1.82, 2.24) is 15.5 Å². The number of rotatable bonds is 8. The number of amides is 1. The average Bonchev–Trinajstić information content (AvgIpc) is 3.09. The van der Waals surface area contributed by atoms with E-state index in [0.717, 1.165) is 17.7 Å². The summed E-state index contributed by atoms with van der Waals surface area (Å²) in [6.07, 6.45) is 2.08. The van der Waals surface area contributed by atoms with Gasteiger partial charge in [-0.3, -0.25) is 4.79 Å². The van der Waals surface area contributed by atoms with Gasteiger partial charge in [0.15, 0.2) is 0 Å². The van der Waals surface area contributed by atoms with E-state index in [1.54, 1.807) is 11.3 Å². The minimum atomic E-state index is 0.0546. The molecule has 1 atom stereocenters. The average molecular weight is 325 g/mol. The lowest BCUT2D eigenvalue weighted by Crippen LogP contribution is -2.33. The zero-order valence-electron chi connectivity index (χ0n) is 12.2. The molecule has 21 heavy (non-hydrogen) atoms. The molecule has 0 aromatic carbocycles. The molecule has 2 aromatic rings. The fourth-order valence-corrected chi connectivity index (χ4v) is 3.18. The van der Waals surface area contributed by atoms with E-state index in [9.17, 15) is 4.79 Å². The quantitative estimate of drug-likeness (QED) is 0.806. The van der Waals surface area contributed by atoms with Crippen molar-refractivity contribution in [1.29, 1.82) is 0 Å². The molecule has 0 aliphatic carbocycles. The molecule has 7 heteroatoms. The van der Waals surface area contributed by atoms with E-state index in [-0.39, 0.29) is 11.9 Å². The van der Waals surface area contributed by atoms with Crippen LogP contribution in [-0.4, -0.2) is 27.8 Å². The number of thioether (sulfide) groups is 1. The number of thiophene rings is 1. The molecule has 0 spiro atoms. The summed E-state index contributed by atoms with van der Waals surface area (Å²) in [5.74, 6) is 2.18. The molecule has 0 radical (unpaired) electrons. The van der Waals surface area contributed by atoms with Gasteiger partial charge in [0.1, 0.15) is 0 Å². The molecule has 2 aromatic heterocycles. The van der Waals surface area contributed by atoms with Gasteiger partial charge in [0.05, 0.1) is 16.4 Å². The number of carbonyl (C=O) groups excluding carboxylic acids is 1. The summed E-state index contributed by atoms with van der Waals surface area (Å²) in [5.41, 5.74) is 0. The monoisotopic (exact) mass is 325 g/mol. The highest BCUT2D eigenvalue weighted by atomic mass is 32.2. The second kappa shape index (κ2) is 8.19. The Balaban J connectivity index is 1.73. The first-order valence-corrected chi connectivity index (χ1v) is 8.96. The van der Waals surface area contributed by atoms with Crippen LogP contribution >= 0.6 is 23.1 Å². The topological polar surface area (TPSA) is 68.0 Å². The molecule has 1 amide bonds. The standard InChI is InChI=1S/C14H19N3O2S2/c1-3-5-10(2)15-12(18)8-20-9-13-16-14(17-19-13)11-6-4-7-21-11/h4,6-7,10H,3,5,8-9H2,1-2H3,(H,15,18)/t10-/m0/s1. The van der Waals surface area contributed by atoms with Gasteiger partial charge in [-0.2, -0.15) is 4.98 Å². The summed E-state index contributed by atoms with van der Waals surface area (Å²) in [4.78, 5) is 17.0. The van der Waals surface area contributed by atoms with Crippen LogP contribution in [0, 0.1) is 0 Å². The van der Waals surface area contributed by atoms with E-state index in [2.05, 4.69) is 22.4 Å². The first-order chi connectivity index (χ1) is 10.2. The summed E-state index contributed by atoms with van der Waals surface area (Å²) in [7, 11) is 0. The molecule has 1 N–H and O–H groups in total. The largest absolute Gasteiger partial charge is 0.353 e. The molecule has 5 nitrogen and oxygen atoms in total. The van der Waals surface area contributed by atoms with Crippen LogP contribution in [0.2, 0.25) is 0 Å². The number of nitrogens with zero attached hydrogens (tertiary/aromatic N) is 2. The number of hydrogen-bond acceptors (Lipinski definition) is 6. The summed E-state index contributed by atoms with van der Waals surface area (Å²) >= 11 is 3.05. The highest BCUT2D eigenvalue weighted by Crippen LogP contribution is 2.22. The summed E-state index contributed by atoms with van der Waals surface area (Å²) < 4.78 is 5.18. The van der Waals surface area contributed by atoms with Crippen molar-refractivity contribution >= 4 is 29.0 Å². The fraction of sp³-hybridized carbons (Fsp3) is 0.500. The maximum atomic E-state index is 11.7. The van der Waals surface area contributed by atoms with Crippen molar-refractivity contribution in [3.05, 3.63) is 23.4 Å². The Morgan fingerprint density at radius 1 is 1.57 bits per heavy atom. The van der Waals surface area contributed by atoms with Crippen molar-refractivity contribution in [3.63, 3.8) is 0 Å². The Morgan fingerprint density at radius 2 is 2.43 bits per heavy atom. The SMILES string of the molecule is CCC[C@H](C)NC(=O)CSCc1nc(-c2cccs2)no1. The lowest BCUT2D eigenvalue weighted by molar-refractivity contribution is -0.119. The van der Waals surface area contributed by atoms with Gasteiger partial charge in [-0.05, 0) is 24.8 Å². The Bertz CT molecular complexity index is 554. The third-order valence-electron chi connectivity index (χ3n) is 2.80. The first kappa shape index (κ1) is 16.0. The van der Waals surface area contributed by atoms with Gasteiger partial charge >= 0.3 is 0 Å². The highest BCUT2D eigenvalue weighted by molar-refractivity contribution is 7.99. The normalized spacial score (nSPS) is 12.3. The number of carbonyl (C=O) groups is 1. The van der Waals surface area contributed by atoms with Crippen LogP contribution < -0.4 is 5.32 Å². The van der Waals surface area contributed by atoms with Gasteiger partial charge in [-0.1, -0.05) is 24.6 Å². The second-order valence-electron chi connectivity index (χ2n) is 4.74. The molecular weight excluding hydrogens is 306 g/mol. The van der Waals surface area contributed by atoms with Crippen molar-refractivity contribution < 1.29 is 9.32 Å². The highest BCUT2D eigenvalue weighted by Gasteiger charge is 2.11. The van der Waals surface area contributed by atoms with Crippen LogP contribution in [0.1, 0.15) is 32.6 Å². The molecule has 0 saturated carbocycles. The number of nitrogens with one attached hydrogen (secondary N) is 1. The molecule has 0 unspecified atom stereocenters. The minimum absolute atomic E-state index is 0.0546. The molecule has 0 aliphatic rings. The lowest BCUT2D eigenvalue weighted by atomic mass is 10.2. The molecule has 114 valence electrons. The smallest absolute Gasteiger partial charge is 0.236 e. The van der Waals surface area contributed by atoms with Crippen LogP contribution in [0.4, 0.5) is 0 Å². The van der Waals surface area contributed by atoms with Crippen molar-refractivity contribution in [2.24, 2.45) is 0 Å². The van der Waals surface area contributed by atoms with Gasteiger partial charge in [-0.25, -0.2) is 0 Å². The van der Waals surface area contributed by atoms with E-state index in [1.807, 2.05) is 24.4 Å². The molecule has 0 saturated heterocycles. The van der Waals surface area contributed by atoms with Crippen LogP contribution in [0.5, 0.6) is 0 Å². The summed E-state index contributed by atoms with van der Waals surface area (Å²) in [6, 6.07) is 4.14. The predicted octanol–water partition coefficient (Wildman–Crippen LogP) is 3.34. The predicted molar refractivity (Wildman–Crippen MR) is 86.3 cm³/mol. The Kier molecular flexibility index (Phi) is 6.25. The number of aromatic nitrogens is 2. The van der Waals surface area contributed by atoms with Gasteiger partial charge in [0, 0.05) is 6.04 Å². The van der Waals surface area contributed by atoms with Crippen molar-refractivity contribution in [2.75, 3.05) is 5.75 Å². The Morgan fingerprint density at radius 3 is 3.14 bits per heavy atom. The summed E-state index contributed by atoms with van der Waals surface area (Å²) in [6.45, 7) is 4.13. The maximum absolute atomic E-state index is 11.7. The van der Waals surface area contributed by atoms with Crippen LogP contribution in [0.15, 0.2) is 22.0 Å². The first-order valence-electron chi connectivity index (χ1n) is 6.92. The van der Waals surface area contributed by atoms with Gasteiger partial charge < -0.3 is 9.84 Å². The van der Waals surface area contributed by atoms with E-state index in [0.29, 0.717) is 23.2 Å². The molecule has 0 bridgehead atoms. The van der Waals surface area contributed by atoms with Crippen LogP contribution in [0.25, 0.3) is 10.7 Å². The van der Waals surface area contributed by atoms with Crippen molar-refractivity contribution in [2.45, 2.75) is 38.5 Å². The second-order valence-corrected chi connectivity index (χ2v) is 6.67. The van der Waals surface area contributed by atoms with E-state index >= 15 is 0 Å². The molecule has 2 rings (SSSR count). The van der Waals surface area contributed by atoms with Gasteiger partial charge in [-0.15, -0.1) is 23.1 Å². The fourth-order valence-electron chi connectivity index (χ4n) is 1.87. The molecular formula is C14H19N3O2S2. The maximum Gasteiger partial charge on any atom is 0.236 e. The van der Waals surface area contributed by atoms with E-state index < -0.39 is 0 Å². The van der Waals surface area contributed by atoms with Crippen LogP contribution in [0.3, 0.4) is 0 Å². The number of hydrogen-bond donors (Lipinski definition) is 1. The molecule has 0 fully saturated rings.